The molecule has 0 aliphatic carbocycles. The molecule has 5 nitrogen and oxygen atoms in total. The molecule has 1 aromatic heterocycles. The van der Waals surface area contributed by atoms with Crippen LogP contribution in [0.15, 0.2) is 39.5 Å². The molecule has 0 atom stereocenters. The summed E-state index contributed by atoms with van der Waals surface area (Å²) in [6.45, 7) is 7.62. The van der Waals surface area contributed by atoms with Crippen molar-refractivity contribution in [1.82, 2.24) is 0 Å². The highest BCUT2D eigenvalue weighted by molar-refractivity contribution is 5.96. The number of carboxylic acid groups (broad SMARTS) is 1. The van der Waals surface area contributed by atoms with E-state index >= 15 is 0 Å². The van der Waals surface area contributed by atoms with Gasteiger partial charge in [-0.25, -0.2) is 4.79 Å². The molecule has 3 rings (SSSR count). The minimum Gasteiger partial charge on any atom is -0.488 e. The van der Waals surface area contributed by atoms with Gasteiger partial charge in [0.1, 0.15) is 22.5 Å². The Bertz CT molecular complexity index is 1020. The van der Waals surface area contributed by atoms with Gasteiger partial charge in [0.25, 0.3) is 0 Å². The summed E-state index contributed by atoms with van der Waals surface area (Å²) < 4.78 is 11.7. The average molecular weight is 326 g/mol. The lowest BCUT2D eigenvalue weighted by Crippen LogP contribution is -2.23. The Morgan fingerprint density at radius 3 is 2.46 bits per heavy atom. The van der Waals surface area contributed by atoms with Crippen molar-refractivity contribution in [2.45, 2.75) is 33.3 Å². The molecule has 0 fully saturated rings. The van der Waals surface area contributed by atoms with Crippen LogP contribution in [0.3, 0.4) is 0 Å². The molecule has 0 saturated heterocycles. The lowest BCUT2D eigenvalue weighted by molar-refractivity contribution is 0.0697. The van der Waals surface area contributed by atoms with Crippen molar-refractivity contribution in [3.63, 3.8) is 0 Å². The lowest BCUT2D eigenvalue weighted by Gasteiger charge is -2.21. The van der Waals surface area contributed by atoms with E-state index in [1.54, 1.807) is 6.07 Å². The molecule has 1 N–H and O–H groups in total. The zero-order chi connectivity index (χ0) is 17.6. The van der Waals surface area contributed by atoms with Gasteiger partial charge >= 0.3 is 5.97 Å². The second-order valence-corrected chi connectivity index (χ2v) is 6.78. The molecule has 1 heterocycles. The third-order valence-electron chi connectivity index (χ3n) is 3.60. The number of benzene rings is 2. The minimum atomic E-state index is -1.09. The van der Waals surface area contributed by atoms with Gasteiger partial charge in [0.15, 0.2) is 0 Å². The summed E-state index contributed by atoms with van der Waals surface area (Å²) in [6, 6.07) is 7.75. The zero-order valence-electron chi connectivity index (χ0n) is 14.0. The van der Waals surface area contributed by atoms with Crippen molar-refractivity contribution >= 4 is 27.9 Å². The molecule has 5 heteroatoms. The van der Waals surface area contributed by atoms with Crippen LogP contribution in [0.25, 0.3) is 21.9 Å². The van der Waals surface area contributed by atoms with Gasteiger partial charge in [0, 0.05) is 0 Å². The Balaban J connectivity index is 2.33. The summed E-state index contributed by atoms with van der Waals surface area (Å²) in [6.07, 6.45) is 0. The van der Waals surface area contributed by atoms with Gasteiger partial charge in [0.05, 0.1) is 16.3 Å². The van der Waals surface area contributed by atoms with E-state index in [1.807, 2.05) is 33.8 Å². The highest BCUT2D eigenvalue weighted by atomic mass is 16.5. The molecule has 0 aliphatic heterocycles. The molecule has 2 aromatic carbocycles. The first-order chi connectivity index (χ1) is 11.2. The molecule has 3 aromatic rings. The third-order valence-corrected chi connectivity index (χ3v) is 3.60. The summed E-state index contributed by atoms with van der Waals surface area (Å²) in [4.78, 5) is 24.0. The maximum Gasteiger partial charge on any atom is 0.335 e. The summed E-state index contributed by atoms with van der Waals surface area (Å²) in [7, 11) is 0. The van der Waals surface area contributed by atoms with E-state index in [4.69, 9.17) is 14.3 Å². The molecular formula is C19H18O5. The van der Waals surface area contributed by atoms with Crippen LogP contribution in [0, 0.1) is 6.92 Å². The van der Waals surface area contributed by atoms with E-state index in [9.17, 15) is 9.59 Å². The second-order valence-electron chi connectivity index (χ2n) is 6.78. The quantitative estimate of drug-likeness (QED) is 0.717. The lowest BCUT2D eigenvalue weighted by atomic mass is 10.1. The highest BCUT2D eigenvalue weighted by Gasteiger charge is 2.16. The fraction of sp³-hybridized carbons (Fsp3) is 0.263. The molecular weight excluding hydrogens is 308 g/mol. The van der Waals surface area contributed by atoms with Gasteiger partial charge in [-0.2, -0.15) is 0 Å². The molecule has 0 saturated carbocycles. The van der Waals surface area contributed by atoms with Crippen LogP contribution in [0.2, 0.25) is 0 Å². The second kappa shape index (κ2) is 5.37. The van der Waals surface area contributed by atoms with E-state index in [-0.39, 0.29) is 16.4 Å². The van der Waals surface area contributed by atoms with Crippen LogP contribution in [0.5, 0.6) is 5.75 Å². The highest BCUT2D eigenvalue weighted by Crippen LogP contribution is 2.28. The summed E-state index contributed by atoms with van der Waals surface area (Å²) >= 11 is 0. The molecule has 0 aliphatic rings. The maximum absolute atomic E-state index is 12.8. The van der Waals surface area contributed by atoms with Gasteiger partial charge in [-0.05, 0) is 63.6 Å². The Morgan fingerprint density at radius 1 is 1.12 bits per heavy atom. The summed E-state index contributed by atoms with van der Waals surface area (Å²) in [5, 5.41) is 9.74. The molecule has 0 unspecified atom stereocenters. The predicted octanol–water partition coefficient (Wildman–Crippen LogP) is 4.13. The topological polar surface area (TPSA) is 76.7 Å². The monoisotopic (exact) mass is 326 g/mol. The molecule has 0 radical (unpaired) electrons. The number of aryl methyl sites for hydroxylation is 1. The van der Waals surface area contributed by atoms with Gasteiger partial charge in [-0.3, -0.25) is 4.79 Å². The molecule has 0 spiro atoms. The first-order valence-electron chi connectivity index (χ1n) is 7.59. The SMILES string of the molecule is Cc1cc(OC(C)(C)C)cc2c(=O)c3cc(C(=O)O)ccc3oc12. The number of rotatable bonds is 2. The standard InChI is InChI=1S/C19H18O5/c1-10-7-12(24-19(2,3)4)9-14-16(20)13-8-11(18(21)22)5-6-15(13)23-17(10)14/h5-9H,1-4H3,(H,21,22). The Morgan fingerprint density at radius 2 is 1.83 bits per heavy atom. The van der Waals surface area contributed by atoms with Crippen LogP contribution in [-0.4, -0.2) is 16.7 Å². The van der Waals surface area contributed by atoms with Crippen molar-refractivity contribution in [3.8, 4) is 5.75 Å². The molecule has 124 valence electrons. The Labute approximate surface area is 138 Å². The number of hydrogen-bond acceptors (Lipinski definition) is 4. The van der Waals surface area contributed by atoms with Crippen molar-refractivity contribution in [2.24, 2.45) is 0 Å². The number of fused-ring (bicyclic) bond motifs is 2. The maximum atomic E-state index is 12.8. The van der Waals surface area contributed by atoms with Crippen LogP contribution in [0.4, 0.5) is 0 Å². The number of carbonyl (C=O) groups is 1. The number of aromatic carboxylic acids is 1. The Kier molecular flexibility index (Phi) is 3.59. The van der Waals surface area contributed by atoms with E-state index in [1.165, 1.54) is 18.2 Å². The smallest absolute Gasteiger partial charge is 0.335 e. The number of hydrogen-bond donors (Lipinski definition) is 1. The largest absolute Gasteiger partial charge is 0.488 e. The Hall–Kier alpha value is -2.82. The van der Waals surface area contributed by atoms with Crippen LogP contribution in [0.1, 0.15) is 36.7 Å². The van der Waals surface area contributed by atoms with Crippen molar-refractivity contribution in [1.29, 1.82) is 0 Å². The van der Waals surface area contributed by atoms with Gasteiger partial charge in [-0.15, -0.1) is 0 Å². The zero-order valence-corrected chi connectivity index (χ0v) is 14.0. The van der Waals surface area contributed by atoms with Gasteiger partial charge < -0.3 is 14.3 Å². The normalized spacial score (nSPS) is 11.8. The number of ether oxygens (including phenoxy) is 1. The average Bonchev–Trinajstić information content (AvgIpc) is 2.46. The summed E-state index contributed by atoms with van der Waals surface area (Å²) in [5.74, 6) is -0.508. The first-order valence-corrected chi connectivity index (χ1v) is 7.59. The minimum absolute atomic E-state index is 0.0490. The van der Waals surface area contributed by atoms with Crippen molar-refractivity contribution in [2.75, 3.05) is 0 Å². The predicted molar refractivity (Wildman–Crippen MR) is 92.1 cm³/mol. The molecule has 0 amide bonds. The van der Waals surface area contributed by atoms with E-state index in [0.29, 0.717) is 22.3 Å². The van der Waals surface area contributed by atoms with Gasteiger partial charge in [0.2, 0.25) is 5.43 Å². The van der Waals surface area contributed by atoms with Crippen LogP contribution in [-0.2, 0) is 0 Å². The van der Waals surface area contributed by atoms with Crippen molar-refractivity contribution < 1.29 is 19.1 Å². The molecule has 24 heavy (non-hydrogen) atoms. The summed E-state index contributed by atoms with van der Waals surface area (Å²) in [5.41, 5.74) is 1.02. The van der Waals surface area contributed by atoms with Crippen LogP contribution < -0.4 is 10.2 Å². The first kappa shape index (κ1) is 16.1. The van der Waals surface area contributed by atoms with E-state index in [0.717, 1.165) is 5.56 Å². The third kappa shape index (κ3) is 2.85. The van der Waals surface area contributed by atoms with Crippen LogP contribution >= 0.6 is 0 Å². The van der Waals surface area contributed by atoms with Crippen molar-refractivity contribution in [3.05, 3.63) is 51.7 Å². The van der Waals surface area contributed by atoms with E-state index in [2.05, 4.69) is 0 Å². The fourth-order valence-electron chi connectivity index (χ4n) is 2.64. The number of carboxylic acids is 1. The van der Waals surface area contributed by atoms with Gasteiger partial charge in [-0.1, -0.05) is 0 Å². The fourth-order valence-corrected chi connectivity index (χ4v) is 2.64. The molecule has 0 bridgehead atoms. The van der Waals surface area contributed by atoms with E-state index < -0.39 is 11.6 Å².